The van der Waals surface area contributed by atoms with Crippen molar-refractivity contribution in [1.82, 2.24) is 15.6 Å². The molecule has 0 spiro atoms. The quantitative estimate of drug-likeness (QED) is 0.629. The second-order valence-electron chi connectivity index (χ2n) is 4.07. The molecule has 3 N–H and O–H groups in total. The van der Waals surface area contributed by atoms with Crippen LogP contribution >= 0.6 is 0 Å². The first kappa shape index (κ1) is 13.4. The Hall–Kier alpha value is -2.05. The summed E-state index contributed by atoms with van der Waals surface area (Å²) in [7, 11) is 1.44. The summed E-state index contributed by atoms with van der Waals surface area (Å²) in [4.78, 5) is 0. The van der Waals surface area contributed by atoms with E-state index in [1.165, 1.54) is 13.2 Å². The van der Waals surface area contributed by atoms with Crippen molar-refractivity contribution in [2.45, 2.75) is 12.5 Å². The first-order valence-corrected chi connectivity index (χ1v) is 5.79. The van der Waals surface area contributed by atoms with Gasteiger partial charge in [-0.25, -0.2) is 4.39 Å². The Bertz CT molecular complexity index is 535. The third-order valence-electron chi connectivity index (χ3n) is 2.87. The number of rotatable bonds is 5. The van der Waals surface area contributed by atoms with E-state index < -0.39 is 0 Å². The Morgan fingerprint density at radius 1 is 1.37 bits per heavy atom. The number of methoxy groups -OCH3 is 1. The molecule has 0 aliphatic rings. The molecule has 1 heterocycles. The monoisotopic (exact) mass is 262 g/mol. The van der Waals surface area contributed by atoms with E-state index in [4.69, 9.17) is 10.6 Å². The van der Waals surface area contributed by atoms with Crippen LogP contribution in [0.1, 0.15) is 17.2 Å². The summed E-state index contributed by atoms with van der Waals surface area (Å²) in [6.45, 7) is 0. The van der Waals surface area contributed by atoms with Gasteiger partial charge in [0.1, 0.15) is 0 Å². The zero-order valence-electron chi connectivity index (χ0n) is 10.5. The van der Waals surface area contributed by atoms with Gasteiger partial charge < -0.3 is 4.74 Å². The van der Waals surface area contributed by atoms with Crippen LogP contribution in [-0.4, -0.2) is 17.3 Å². The maximum Gasteiger partial charge on any atom is 0.165 e. The predicted molar refractivity (Wildman–Crippen MR) is 68.8 cm³/mol. The van der Waals surface area contributed by atoms with Crippen molar-refractivity contribution >= 4 is 0 Å². The lowest BCUT2D eigenvalue weighted by molar-refractivity contribution is 0.386. The van der Waals surface area contributed by atoms with Crippen molar-refractivity contribution < 1.29 is 9.13 Å². The molecule has 0 aliphatic heterocycles. The summed E-state index contributed by atoms with van der Waals surface area (Å²) < 4.78 is 18.5. The second-order valence-corrected chi connectivity index (χ2v) is 4.07. The van der Waals surface area contributed by atoms with Crippen LogP contribution in [0, 0.1) is 5.82 Å². The fourth-order valence-corrected chi connectivity index (χ4v) is 1.85. The maximum absolute atomic E-state index is 13.6. The van der Waals surface area contributed by atoms with Crippen molar-refractivity contribution in [3.05, 3.63) is 53.6 Å². The number of nitrogens with zero attached hydrogens (tertiary/aromatic N) is 2. The Balaban J connectivity index is 2.17. The molecule has 0 aliphatic carbocycles. The van der Waals surface area contributed by atoms with Gasteiger partial charge in [0.2, 0.25) is 0 Å². The van der Waals surface area contributed by atoms with Crippen LogP contribution in [0.5, 0.6) is 5.75 Å². The number of hydrogen-bond donors (Lipinski definition) is 2. The molecular weight excluding hydrogens is 247 g/mol. The van der Waals surface area contributed by atoms with Crippen molar-refractivity contribution in [2.75, 3.05) is 7.11 Å². The second kappa shape index (κ2) is 6.21. The van der Waals surface area contributed by atoms with E-state index in [1.807, 2.05) is 6.07 Å². The van der Waals surface area contributed by atoms with Crippen LogP contribution in [-0.2, 0) is 6.42 Å². The summed E-state index contributed by atoms with van der Waals surface area (Å²) in [6, 6.07) is 6.52. The van der Waals surface area contributed by atoms with Gasteiger partial charge in [-0.1, -0.05) is 6.07 Å². The lowest BCUT2D eigenvalue weighted by atomic mass is 10.0. The van der Waals surface area contributed by atoms with E-state index in [9.17, 15) is 4.39 Å². The normalized spacial score (nSPS) is 12.2. The Labute approximate surface area is 110 Å². The highest BCUT2D eigenvalue weighted by Crippen LogP contribution is 2.21. The summed E-state index contributed by atoms with van der Waals surface area (Å²) in [6.07, 6.45) is 3.77. The van der Waals surface area contributed by atoms with Gasteiger partial charge in [-0.3, -0.25) is 11.3 Å². The molecule has 0 fully saturated rings. The number of nitrogens with one attached hydrogen (secondary N) is 1. The van der Waals surface area contributed by atoms with Crippen LogP contribution in [0.2, 0.25) is 0 Å². The molecule has 2 rings (SSSR count). The number of halogens is 1. The molecule has 0 saturated heterocycles. The van der Waals surface area contributed by atoms with Crippen LogP contribution < -0.4 is 16.0 Å². The third-order valence-corrected chi connectivity index (χ3v) is 2.87. The van der Waals surface area contributed by atoms with Crippen LogP contribution in [0.4, 0.5) is 4.39 Å². The zero-order valence-corrected chi connectivity index (χ0v) is 10.5. The molecule has 2 aromatic rings. The molecule has 1 unspecified atom stereocenters. The Morgan fingerprint density at radius 2 is 2.21 bits per heavy atom. The highest BCUT2D eigenvalue weighted by molar-refractivity contribution is 5.30. The third kappa shape index (κ3) is 3.24. The summed E-state index contributed by atoms with van der Waals surface area (Å²) >= 11 is 0. The van der Waals surface area contributed by atoms with E-state index >= 15 is 0 Å². The number of ether oxygens (including phenoxy) is 1. The van der Waals surface area contributed by atoms with Crippen molar-refractivity contribution in [3.8, 4) is 5.75 Å². The molecule has 0 amide bonds. The molecule has 1 aromatic carbocycles. The van der Waals surface area contributed by atoms with Crippen molar-refractivity contribution in [2.24, 2.45) is 5.84 Å². The lowest BCUT2D eigenvalue weighted by Gasteiger charge is -2.16. The zero-order chi connectivity index (χ0) is 13.7. The average Bonchev–Trinajstić information content (AvgIpc) is 2.46. The van der Waals surface area contributed by atoms with Gasteiger partial charge >= 0.3 is 0 Å². The molecule has 6 heteroatoms. The van der Waals surface area contributed by atoms with Gasteiger partial charge in [-0.05, 0) is 35.7 Å². The van der Waals surface area contributed by atoms with Crippen LogP contribution in [0.3, 0.4) is 0 Å². The fraction of sp³-hybridized carbons (Fsp3) is 0.231. The topological polar surface area (TPSA) is 73.1 Å². The van der Waals surface area contributed by atoms with Crippen molar-refractivity contribution in [1.29, 1.82) is 0 Å². The molecule has 0 radical (unpaired) electrons. The summed E-state index contributed by atoms with van der Waals surface area (Å²) in [5.41, 5.74) is 4.41. The molecule has 19 heavy (non-hydrogen) atoms. The van der Waals surface area contributed by atoms with Gasteiger partial charge in [-0.15, -0.1) is 0 Å². The molecule has 5 nitrogen and oxygen atoms in total. The van der Waals surface area contributed by atoms with Gasteiger partial charge in [0.05, 0.1) is 19.3 Å². The van der Waals surface area contributed by atoms with Gasteiger partial charge in [0, 0.05) is 6.20 Å². The number of nitrogens with two attached hydrogens (primary N) is 1. The minimum atomic E-state index is -0.386. The first-order valence-electron chi connectivity index (χ1n) is 5.79. The van der Waals surface area contributed by atoms with E-state index in [0.717, 1.165) is 11.1 Å². The Kier molecular flexibility index (Phi) is 4.38. The molecule has 0 saturated carbocycles. The average molecular weight is 262 g/mol. The molecule has 0 bridgehead atoms. The molecular formula is C13H15FN4O. The van der Waals surface area contributed by atoms with Crippen LogP contribution in [0.15, 0.2) is 36.7 Å². The SMILES string of the molecule is COc1ccc(CC(NN)c2ccnnc2)cc1F. The molecule has 1 aromatic heterocycles. The minimum Gasteiger partial charge on any atom is -0.494 e. The summed E-state index contributed by atoms with van der Waals surface area (Å²) in [5.74, 6) is 5.37. The van der Waals surface area contributed by atoms with Crippen LogP contribution in [0.25, 0.3) is 0 Å². The number of hydrazine groups is 1. The molecule has 1 atom stereocenters. The predicted octanol–water partition coefficient (Wildman–Crippen LogP) is 1.37. The largest absolute Gasteiger partial charge is 0.494 e. The standard InChI is InChI=1S/C13H15FN4O/c1-19-13-3-2-9(6-11(13)14)7-12(18-15)10-4-5-16-17-8-10/h2-6,8,12,18H,7,15H2,1H3. The maximum atomic E-state index is 13.6. The fourth-order valence-electron chi connectivity index (χ4n) is 1.85. The number of aromatic nitrogens is 2. The first-order chi connectivity index (χ1) is 9.24. The smallest absolute Gasteiger partial charge is 0.165 e. The summed E-state index contributed by atoms with van der Waals surface area (Å²) in [5, 5.41) is 7.51. The van der Waals surface area contributed by atoms with E-state index in [-0.39, 0.29) is 17.6 Å². The highest BCUT2D eigenvalue weighted by atomic mass is 19.1. The highest BCUT2D eigenvalue weighted by Gasteiger charge is 2.12. The van der Waals surface area contributed by atoms with Crippen molar-refractivity contribution in [3.63, 3.8) is 0 Å². The van der Waals surface area contributed by atoms with Gasteiger partial charge in [-0.2, -0.15) is 10.2 Å². The van der Waals surface area contributed by atoms with Gasteiger partial charge in [0.25, 0.3) is 0 Å². The van der Waals surface area contributed by atoms with Gasteiger partial charge in [0.15, 0.2) is 11.6 Å². The minimum absolute atomic E-state index is 0.150. The van der Waals surface area contributed by atoms with E-state index in [2.05, 4.69) is 15.6 Å². The van der Waals surface area contributed by atoms with E-state index in [1.54, 1.807) is 24.5 Å². The lowest BCUT2D eigenvalue weighted by Crippen LogP contribution is -2.29. The Morgan fingerprint density at radius 3 is 2.79 bits per heavy atom. The number of hydrogen-bond acceptors (Lipinski definition) is 5. The number of benzene rings is 1. The van der Waals surface area contributed by atoms with E-state index in [0.29, 0.717) is 6.42 Å². The molecule has 100 valence electrons.